The highest BCUT2D eigenvalue weighted by atomic mass is 16.5. The summed E-state index contributed by atoms with van der Waals surface area (Å²) in [6.45, 7) is 0. The summed E-state index contributed by atoms with van der Waals surface area (Å²) in [4.78, 5) is 21.0. The van der Waals surface area contributed by atoms with Gasteiger partial charge in [-0.3, -0.25) is 9.79 Å². The van der Waals surface area contributed by atoms with Gasteiger partial charge >= 0.3 is 0 Å². The second-order valence-corrected chi connectivity index (χ2v) is 7.70. The number of pyridine rings is 1. The molecule has 6 heteroatoms. The second kappa shape index (κ2) is 8.59. The summed E-state index contributed by atoms with van der Waals surface area (Å²) >= 11 is 0. The predicted molar refractivity (Wildman–Crippen MR) is 124 cm³/mol. The average Bonchev–Trinajstić information content (AvgIpc) is 3.33. The Labute approximate surface area is 186 Å². The molecule has 5 rings (SSSR count). The van der Waals surface area contributed by atoms with Crippen LogP contribution in [0.1, 0.15) is 27.9 Å². The fourth-order valence-electron chi connectivity index (χ4n) is 3.90. The monoisotopic (exact) mass is 422 g/mol. The van der Waals surface area contributed by atoms with Crippen LogP contribution in [-0.2, 0) is 12.8 Å². The number of aryl methyl sites for hydroxylation is 2. The number of ketones is 1. The molecule has 0 amide bonds. The largest absolute Gasteiger partial charge is 0.497 e. The Balaban J connectivity index is 1.38. The number of benzene rings is 2. The van der Waals surface area contributed by atoms with Crippen molar-refractivity contribution >= 4 is 17.7 Å². The van der Waals surface area contributed by atoms with E-state index in [4.69, 9.17) is 4.74 Å². The van der Waals surface area contributed by atoms with Gasteiger partial charge in [-0.2, -0.15) is 5.10 Å². The normalized spacial score (nSPS) is 12.6. The van der Waals surface area contributed by atoms with Crippen LogP contribution in [0.5, 0.6) is 5.75 Å². The van der Waals surface area contributed by atoms with Crippen molar-refractivity contribution in [1.29, 1.82) is 0 Å². The Morgan fingerprint density at radius 2 is 1.81 bits per heavy atom. The van der Waals surface area contributed by atoms with Crippen molar-refractivity contribution in [3.8, 4) is 22.7 Å². The minimum absolute atomic E-state index is 0.0507. The van der Waals surface area contributed by atoms with E-state index >= 15 is 0 Å². The number of methoxy groups -OCH3 is 1. The van der Waals surface area contributed by atoms with Crippen LogP contribution in [0.4, 0.5) is 5.69 Å². The molecule has 158 valence electrons. The lowest BCUT2D eigenvalue weighted by molar-refractivity contribution is 0.100. The summed E-state index contributed by atoms with van der Waals surface area (Å²) in [7, 11) is 1.69. The van der Waals surface area contributed by atoms with Gasteiger partial charge in [0.25, 0.3) is 0 Å². The van der Waals surface area contributed by atoms with Crippen LogP contribution in [-0.4, -0.2) is 33.9 Å². The molecular weight excluding hydrogens is 400 g/mol. The van der Waals surface area contributed by atoms with Gasteiger partial charge in [-0.05, 0) is 47.7 Å². The van der Waals surface area contributed by atoms with Gasteiger partial charge in [-0.1, -0.05) is 36.4 Å². The maximum absolute atomic E-state index is 12.2. The second-order valence-electron chi connectivity index (χ2n) is 7.70. The zero-order valence-corrected chi connectivity index (χ0v) is 17.7. The Morgan fingerprint density at radius 3 is 2.66 bits per heavy atom. The lowest BCUT2D eigenvalue weighted by Gasteiger charge is -2.11. The van der Waals surface area contributed by atoms with Gasteiger partial charge < -0.3 is 4.74 Å². The number of hydrogen-bond acceptors (Lipinski definition) is 5. The first kappa shape index (κ1) is 19.9. The van der Waals surface area contributed by atoms with Crippen molar-refractivity contribution in [2.75, 3.05) is 7.11 Å². The summed E-state index contributed by atoms with van der Waals surface area (Å²) in [5.74, 6) is 1.49. The van der Waals surface area contributed by atoms with E-state index in [0.29, 0.717) is 23.5 Å². The van der Waals surface area contributed by atoms with E-state index in [9.17, 15) is 4.79 Å². The van der Waals surface area contributed by atoms with Gasteiger partial charge in [0.2, 0.25) is 0 Å². The van der Waals surface area contributed by atoms with Crippen LogP contribution >= 0.6 is 0 Å². The molecule has 0 spiro atoms. The van der Waals surface area contributed by atoms with E-state index < -0.39 is 0 Å². The molecule has 1 aliphatic heterocycles. The first-order chi connectivity index (χ1) is 15.7. The number of hydrogen-bond donors (Lipinski definition) is 0. The molecule has 2 aromatic heterocycles. The number of nitrogens with zero attached hydrogens (tertiary/aromatic N) is 4. The molecule has 0 bridgehead atoms. The predicted octanol–water partition coefficient (Wildman–Crippen LogP) is 5.02. The molecule has 0 atom stereocenters. The highest BCUT2D eigenvalue weighted by Gasteiger charge is 2.19. The Morgan fingerprint density at radius 1 is 1.00 bits per heavy atom. The van der Waals surface area contributed by atoms with Crippen molar-refractivity contribution in [2.24, 2.45) is 4.99 Å². The first-order valence-electron chi connectivity index (χ1n) is 10.5. The summed E-state index contributed by atoms with van der Waals surface area (Å²) in [6.07, 6.45) is 9.20. The molecule has 4 aromatic rings. The molecule has 0 fully saturated rings. The zero-order valence-electron chi connectivity index (χ0n) is 17.7. The molecule has 0 aliphatic carbocycles. The minimum atomic E-state index is 0.0507. The van der Waals surface area contributed by atoms with E-state index in [1.54, 1.807) is 30.3 Å². The number of Topliss-reactive ketones (excluding diaryl/α,β-unsaturated/α-hetero) is 1. The Kier molecular flexibility index (Phi) is 5.34. The maximum Gasteiger partial charge on any atom is 0.180 e. The fourth-order valence-corrected chi connectivity index (χ4v) is 3.90. The molecule has 6 nitrogen and oxygen atoms in total. The van der Waals surface area contributed by atoms with Gasteiger partial charge in [0.05, 0.1) is 13.3 Å². The zero-order chi connectivity index (χ0) is 21.9. The molecule has 0 unspecified atom stereocenters. The van der Waals surface area contributed by atoms with Gasteiger partial charge in [-0.15, -0.1) is 0 Å². The molecule has 0 radical (unpaired) electrons. The van der Waals surface area contributed by atoms with Crippen molar-refractivity contribution in [2.45, 2.75) is 19.3 Å². The van der Waals surface area contributed by atoms with Crippen LogP contribution in [0.15, 0.2) is 78.2 Å². The van der Waals surface area contributed by atoms with Crippen LogP contribution in [0.3, 0.4) is 0 Å². The number of carbonyl (C=O) groups is 1. The van der Waals surface area contributed by atoms with Gasteiger partial charge in [-0.25, -0.2) is 9.67 Å². The van der Waals surface area contributed by atoms with Gasteiger partial charge in [0.15, 0.2) is 11.6 Å². The van der Waals surface area contributed by atoms with E-state index in [0.717, 1.165) is 29.7 Å². The minimum Gasteiger partial charge on any atom is -0.497 e. The third-order valence-corrected chi connectivity index (χ3v) is 5.60. The van der Waals surface area contributed by atoms with Crippen LogP contribution in [0.25, 0.3) is 16.9 Å². The highest BCUT2D eigenvalue weighted by Crippen LogP contribution is 2.30. The lowest BCUT2D eigenvalue weighted by atomic mass is 10.0. The number of aromatic nitrogens is 3. The van der Waals surface area contributed by atoms with Crippen molar-refractivity contribution in [3.05, 3.63) is 89.9 Å². The van der Waals surface area contributed by atoms with Gasteiger partial charge in [0.1, 0.15) is 11.4 Å². The number of ether oxygens (including phenoxy) is 1. The summed E-state index contributed by atoms with van der Waals surface area (Å²) in [5, 5.41) is 4.49. The fraction of sp³-hybridized carbons (Fsp3) is 0.154. The number of fused-ring (bicyclic) bond motifs is 1. The quantitative estimate of drug-likeness (QED) is 0.438. The SMILES string of the molecule is COc1cccc(CCc2cccc(-c3cnn(-c4nccc5c4N=CCC5=O)c3)c2)c1. The van der Waals surface area contributed by atoms with Crippen molar-refractivity contribution in [1.82, 2.24) is 14.8 Å². The third-order valence-electron chi connectivity index (χ3n) is 5.60. The molecular formula is C26H22N4O2. The molecule has 32 heavy (non-hydrogen) atoms. The van der Waals surface area contributed by atoms with Crippen molar-refractivity contribution in [3.63, 3.8) is 0 Å². The molecule has 0 saturated heterocycles. The lowest BCUT2D eigenvalue weighted by Crippen LogP contribution is -2.08. The van der Waals surface area contributed by atoms with Crippen LogP contribution in [0.2, 0.25) is 0 Å². The first-order valence-corrected chi connectivity index (χ1v) is 10.5. The van der Waals surface area contributed by atoms with E-state index in [1.165, 1.54) is 11.1 Å². The highest BCUT2D eigenvalue weighted by molar-refractivity contribution is 6.10. The van der Waals surface area contributed by atoms with Crippen LogP contribution < -0.4 is 4.74 Å². The molecule has 1 aliphatic rings. The summed E-state index contributed by atoms with van der Waals surface area (Å²) in [5.41, 5.74) is 5.74. The molecule has 0 saturated carbocycles. The average molecular weight is 422 g/mol. The number of rotatable bonds is 6. The van der Waals surface area contributed by atoms with Crippen LogP contribution in [0, 0.1) is 0 Å². The Bertz CT molecular complexity index is 1320. The van der Waals surface area contributed by atoms with E-state index in [-0.39, 0.29) is 5.78 Å². The summed E-state index contributed by atoms with van der Waals surface area (Å²) < 4.78 is 7.01. The van der Waals surface area contributed by atoms with Crippen molar-refractivity contribution < 1.29 is 9.53 Å². The van der Waals surface area contributed by atoms with E-state index in [1.807, 2.05) is 24.5 Å². The topological polar surface area (TPSA) is 69.4 Å². The number of carbonyl (C=O) groups excluding carboxylic acids is 1. The van der Waals surface area contributed by atoms with Gasteiger partial charge in [0, 0.05) is 36.2 Å². The number of aliphatic imine (C=N–C) groups is 1. The summed E-state index contributed by atoms with van der Waals surface area (Å²) in [6, 6.07) is 18.4. The maximum atomic E-state index is 12.2. The van der Waals surface area contributed by atoms with E-state index in [2.05, 4.69) is 51.5 Å². The third kappa shape index (κ3) is 3.95. The molecule has 3 heterocycles. The smallest absolute Gasteiger partial charge is 0.180 e. The molecule has 2 aromatic carbocycles. The Hall–Kier alpha value is -4.06. The molecule has 0 N–H and O–H groups in total. The standard InChI is InChI=1S/C26H22N4O2/c1-32-22-7-3-5-19(15-22)9-8-18-4-2-6-20(14-18)21-16-29-30(17-21)26-25-23(10-12-28-26)24(31)11-13-27-25/h2-7,10,12-17H,8-9,11H2,1H3.